The number of nitrogens with one attached hydrogen (secondary N) is 1. The molecule has 100 valence electrons. The minimum Gasteiger partial charge on any atom is -0.496 e. The highest BCUT2D eigenvalue weighted by molar-refractivity contribution is 9.10. The molecule has 0 saturated carbocycles. The van der Waals surface area contributed by atoms with Crippen LogP contribution in [-0.4, -0.2) is 14.2 Å². The van der Waals surface area contributed by atoms with Crippen LogP contribution in [0.1, 0.15) is 22.7 Å². The van der Waals surface area contributed by atoms with Crippen LogP contribution in [0.15, 0.2) is 46.9 Å². The molecule has 0 spiro atoms. The van der Waals surface area contributed by atoms with E-state index in [0.717, 1.165) is 15.8 Å². The third-order valence-electron chi connectivity index (χ3n) is 3.29. The standard InChI is InChI=1S/C16H18BrNO/c1-11-8-9-12(17)10-14(11)16(18-2)13-6-4-5-7-15(13)19-3/h4-10,16,18H,1-3H3. The number of benzene rings is 2. The largest absolute Gasteiger partial charge is 0.496 e. The van der Waals surface area contributed by atoms with Crippen LogP contribution in [0.4, 0.5) is 0 Å². The molecule has 2 aromatic rings. The van der Waals surface area contributed by atoms with E-state index >= 15 is 0 Å². The van der Waals surface area contributed by atoms with Crippen LogP contribution in [-0.2, 0) is 0 Å². The first-order chi connectivity index (χ1) is 9.17. The van der Waals surface area contributed by atoms with Crippen LogP contribution in [0.25, 0.3) is 0 Å². The zero-order valence-corrected chi connectivity index (χ0v) is 13.0. The Morgan fingerprint density at radius 2 is 1.84 bits per heavy atom. The third kappa shape index (κ3) is 2.99. The predicted molar refractivity (Wildman–Crippen MR) is 82.8 cm³/mol. The number of hydrogen-bond acceptors (Lipinski definition) is 2. The van der Waals surface area contributed by atoms with E-state index in [0.29, 0.717) is 0 Å². The Morgan fingerprint density at radius 3 is 2.53 bits per heavy atom. The quantitative estimate of drug-likeness (QED) is 0.917. The molecule has 2 rings (SSSR count). The summed E-state index contributed by atoms with van der Waals surface area (Å²) >= 11 is 3.54. The molecule has 0 aliphatic rings. The Balaban J connectivity index is 2.53. The van der Waals surface area contributed by atoms with Gasteiger partial charge in [0.15, 0.2) is 0 Å². The molecule has 2 nitrogen and oxygen atoms in total. The van der Waals surface area contributed by atoms with E-state index in [4.69, 9.17) is 4.74 Å². The summed E-state index contributed by atoms with van der Waals surface area (Å²) in [5.41, 5.74) is 3.66. The summed E-state index contributed by atoms with van der Waals surface area (Å²) in [7, 11) is 3.68. The van der Waals surface area contributed by atoms with Gasteiger partial charge in [0.2, 0.25) is 0 Å². The lowest BCUT2D eigenvalue weighted by atomic mass is 9.94. The molecule has 1 N–H and O–H groups in total. The molecule has 0 amide bonds. The topological polar surface area (TPSA) is 21.3 Å². The molecule has 1 unspecified atom stereocenters. The summed E-state index contributed by atoms with van der Waals surface area (Å²) < 4.78 is 6.55. The molecule has 3 heteroatoms. The lowest BCUT2D eigenvalue weighted by Crippen LogP contribution is -2.19. The van der Waals surface area contributed by atoms with Crippen molar-refractivity contribution in [3.63, 3.8) is 0 Å². The molecule has 0 heterocycles. The number of para-hydroxylation sites is 1. The van der Waals surface area contributed by atoms with E-state index in [1.807, 2.05) is 25.2 Å². The zero-order valence-electron chi connectivity index (χ0n) is 11.4. The first-order valence-electron chi connectivity index (χ1n) is 6.23. The van der Waals surface area contributed by atoms with Crippen LogP contribution < -0.4 is 10.1 Å². The molecule has 1 atom stereocenters. The molecule has 0 radical (unpaired) electrons. The Labute approximate surface area is 122 Å². The van der Waals surface area contributed by atoms with Gasteiger partial charge in [-0.3, -0.25) is 0 Å². The van der Waals surface area contributed by atoms with Gasteiger partial charge in [0.05, 0.1) is 13.2 Å². The second-order valence-electron chi connectivity index (χ2n) is 4.46. The van der Waals surface area contributed by atoms with Crippen molar-refractivity contribution in [2.45, 2.75) is 13.0 Å². The minimum absolute atomic E-state index is 0.119. The van der Waals surface area contributed by atoms with Gasteiger partial charge in [0.25, 0.3) is 0 Å². The molecule has 0 bridgehead atoms. The number of aryl methyl sites for hydroxylation is 1. The molecule has 0 saturated heterocycles. The Kier molecular flexibility index (Phi) is 4.61. The lowest BCUT2D eigenvalue weighted by molar-refractivity contribution is 0.405. The number of methoxy groups -OCH3 is 1. The SMILES string of the molecule is CNC(c1cc(Br)ccc1C)c1ccccc1OC. The molecule has 0 aliphatic carbocycles. The predicted octanol–water partition coefficient (Wildman–Crippen LogP) is 4.07. The average molecular weight is 320 g/mol. The van der Waals surface area contributed by atoms with Crippen molar-refractivity contribution in [2.75, 3.05) is 14.2 Å². The highest BCUT2D eigenvalue weighted by atomic mass is 79.9. The maximum atomic E-state index is 5.47. The molecular weight excluding hydrogens is 302 g/mol. The maximum absolute atomic E-state index is 5.47. The van der Waals surface area contributed by atoms with Gasteiger partial charge in [-0.1, -0.05) is 40.2 Å². The van der Waals surface area contributed by atoms with E-state index in [-0.39, 0.29) is 6.04 Å². The van der Waals surface area contributed by atoms with Gasteiger partial charge in [-0.25, -0.2) is 0 Å². The molecule has 19 heavy (non-hydrogen) atoms. The summed E-state index contributed by atoms with van der Waals surface area (Å²) in [6, 6.07) is 14.6. The molecule has 0 fully saturated rings. The summed E-state index contributed by atoms with van der Waals surface area (Å²) in [6.45, 7) is 2.13. The van der Waals surface area contributed by atoms with Gasteiger partial charge >= 0.3 is 0 Å². The summed E-state index contributed by atoms with van der Waals surface area (Å²) in [6.07, 6.45) is 0. The van der Waals surface area contributed by atoms with Crippen LogP contribution in [0, 0.1) is 6.92 Å². The fraction of sp³-hybridized carbons (Fsp3) is 0.250. The first kappa shape index (κ1) is 14.1. The average Bonchev–Trinajstić information content (AvgIpc) is 2.44. The molecular formula is C16H18BrNO. The molecule has 2 aromatic carbocycles. The smallest absolute Gasteiger partial charge is 0.123 e. The highest BCUT2D eigenvalue weighted by Crippen LogP contribution is 2.32. The van der Waals surface area contributed by atoms with Crippen LogP contribution in [0.3, 0.4) is 0 Å². The van der Waals surface area contributed by atoms with Gasteiger partial charge in [-0.05, 0) is 43.3 Å². The summed E-state index contributed by atoms with van der Waals surface area (Å²) in [5.74, 6) is 0.904. The van der Waals surface area contributed by atoms with E-state index in [1.54, 1.807) is 7.11 Å². The number of rotatable bonds is 4. The normalized spacial score (nSPS) is 12.2. The van der Waals surface area contributed by atoms with Gasteiger partial charge in [-0.2, -0.15) is 0 Å². The van der Waals surface area contributed by atoms with Crippen molar-refractivity contribution in [1.29, 1.82) is 0 Å². The second kappa shape index (κ2) is 6.22. The number of hydrogen-bond donors (Lipinski definition) is 1. The lowest BCUT2D eigenvalue weighted by Gasteiger charge is -2.21. The fourth-order valence-electron chi connectivity index (χ4n) is 2.31. The van der Waals surface area contributed by atoms with Crippen molar-refractivity contribution in [3.8, 4) is 5.75 Å². The fourth-order valence-corrected chi connectivity index (χ4v) is 2.68. The Hall–Kier alpha value is -1.32. The maximum Gasteiger partial charge on any atom is 0.123 e. The van der Waals surface area contributed by atoms with Crippen LogP contribution in [0.2, 0.25) is 0 Å². The van der Waals surface area contributed by atoms with E-state index in [1.165, 1.54) is 11.1 Å². The van der Waals surface area contributed by atoms with Crippen molar-refractivity contribution < 1.29 is 4.74 Å². The Bertz CT molecular complexity index is 568. The molecule has 0 aliphatic heterocycles. The van der Waals surface area contributed by atoms with Gasteiger partial charge in [0, 0.05) is 10.0 Å². The van der Waals surface area contributed by atoms with Crippen molar-refractivity contribution >= 4 is 15.9 Å². The Morgan fingerprint density at radius 1 is 1.11 bits per heavy atom. The van der Waals surface area contributed by atoms with Gasteiger partial charge in [0.1, 0.15) is 5.75 Å². The summed E-state index contributed by atoms with van der Waals surface area (Å²) in [4.78, 5) is 0. The van der Waals surface area contributed by atoms with Gasteiger partial charge in [-0.15, -0.1) is 0 Å². The third-order valence-corrected chi connectivity index (χ3v) is 3.78. The molecule has 0 aromatic heterocycles. The van der Waals surface area contributed by atoms with Crippen molar-refractivity contribution in [3.05, 3.63) is 63.6 Å². The minimum atomic E-state index is 0.119. The van der Waals surface area contributed by atoms with Crippen molar-refractivity contribution in [2.24, 2.45) is 0 Å². The van der Waals surface area contributed by atoms with E-state index in [2.05, 4.69) is 52.4 Å². The zero-order chi connectivity index (χ0) is 13.8. The van der Waals surface area contributed by atoms with Gasteiger partial charge < -0.3 is 10.1 Å². The van der Waals surface area contributed by atoms with Crippen molar-refractivity contribution in [1.82, 2.24) is 5.32 Å². The van der Waals surface area contributed by atoms with Crippen LogP contribution >= 0.6 is 15.9 Å². The van der Waals surface area contributed by atoms with Crippen LogP contribution in [0.5, 0.6) is 5.75 Å². The summed E-state index contributed by atoms with van der Waals surface area (Å²) in [5, 5.41) is 3.38. The monoisotopic (exact) mass is 319 g/mol. The number of ether oxygens (including phenoxy) is 1. The van der Waals surface area contributed by atoms with E-state index in [9.17, 15) is 0 Å². The first-order valence-corrected chi connectivity index (χ1v) is 7.03. The highest BCUT2D eigenvalue weighted by Gasteiger charge is 2.18. The second-order valence-corrected chi connectivity index (χ2v) is 5.38. The van der Waals surface area contributed by atoms with E-state index < -0.39 is 0 Å². The number of halogens is 1.